The lowest BCUT2D eigenvalue weighted by atomic mass is 10.1. The van der Waals surface area contributed by atoms with Gasteiger partial charge in [0.2, 0.25) is 0 Å². The quantitative estimate of drug-likeness (QED) is 0.789. The summed E-state index contributed by atoms with van der Waals surface area (Å²) < 4.78 is 8.01. The van der Waals surface area contributed by atoms with E-state index in [1.54, 1.807) is 0 Å². The topological polar surface area (TPSA) is 27.1 Å². The van der Waals surface area contributed by atoms with Crippen LogP contribution in [0.1, 0.15) is 43.0 Å². The number of imidazole rings is 1. The van der Waals surface area contributed by atoms with Gasteiger partial charge in [-0.25, -0.2) is 4.98 Å². The zero-order chi connectivity index (χ0) is 14.1. The summed E-state index contributed by atoms with van der Waals surface area (Å²) in [4.78, 5) is 4.71. The molecule has 0 radical (unpaired) electrons. The molecule has 0 amide bonds. The zero-order valence-electron chi connectivity index (χ0n) is 12.1. The number of aromatic nitrogens is 2. The summed E-state index contributed by atoms with van der Waals surface area (Å²) >= 11 is 6.31. The standard InChI is InChI=1S/C16H21ClN2O/c1-11-5-3-7-14-15(11)19(16(18-14)12(2)17)9-8-13-6-4-10-20-13/h3,5,7,12-13H,4,6,8-10H2,1-2H3. The lowest BCUT2D eigenvalue weighted by Crippen LogP contribution is -2.12. The van der Waals surface area contributed by atoms with Gasteiger partial charge in [-0.05, 0) is 44.7 Å². The predicted octanol–water partition coefficient (Wildman–Crippen LogP) is 4.21. The van der Waals surface area contributed by atoms with E-state index >= 15 is 0 Å². The van der Waals surface area contributed by atoms with Gasteiger partial charge in [0.25, 0.3) is 0 Å². The van der Waals surface area contributed by atoms with Gasteiger partial charge in [-0.3, -0.25) is 0 Å². The predicted molar refractivity (Wildman–Crippen MR) is 82.3 cm³/mol. The summed E-state index contributed by atoms with van der Waals surface area (Å²) in [5, 5.41) is -0.0775. The van der Waals surface area contributed by atoms with E-state index in [9.17, 15) is 0 Å². The first-order valence-corrected chi connectivity index (χ1v) is 7.82. The molecule has 3 nitrogen and oxygen atoms in total. The third kappa shape index (κ3) is 2.57. The second kappa shape index (κ2) is 5.74. The highest BCUT2D eigenvalue weighted by Gasteiger charge is 2.19. The SMILES string of the molecule is Cc1cccc2nc(C(C)Cl)n(CCC3CCCO3)c12. The van der Waals surface area contributed by atoms with Gasteiger partial charge in [-0.1, -0.05) is 12.1 Å². The molecule has 4 heteroatoms. The van der Waals surface area contributed by atoms with Gasteiger partial charge < -0.3 is 9.30 Å². The van der Waals surface area contributed by atoms with Crippen LogP contribution in [0, 0.1) is 6.92 Å². The number of nitrogens with zero attached hydrogens (tertiary/aromatic N) is 2. The van der Waals surface area contributed by atoms with Crippen LogP contribution in [0.15, 0.2) is 18.2 Å². The van der Waals surface area contributed by atoms with E-state index in [-0.39, 0.29) is 5.38 Å². The van der Waals surface area contributed by atoms with Crippen LogP contribution in [-0.4, -0.2) is 22.3 Å². The van der Waals surface area contributed by atoms with Gasteiger partial charge in [0.15, 0.2) is 0 Å². The van der Waals surface area contributed by atoms with E-state index in [0.717, 1.165) is 30.9 Å². The summed E-state index contributed by atoms with van der Waals surface area (Å²) in [5.41, 5.74) is 3.51. The minimum Gasteiger partial charge on any atom is -0.378 e. The molecule has 1 fully saturated rings. The number of ether oxygens (including phenoxy) is 1. The minimum atomic E-state index is -0.0775. The van der Waals surface area contributed by atoms with Crippen molar-refractivity contribution in [3.8, 4) is 0 Å². The normalized spacial score (nSPS) is 20.6. The number of benzene rings is 1. The van der Waals surface area contributed by atoms with Crippen LogP contribution < -0.4 is 0 Å². The molecule has 0 spiro atoms. The van der Waals surface area contributed by atoms with Crippen molar-refractivity contribution >= 4 is 22.6 Å². The third-order valence-electron chi connectivity index (χ3n) is 4.05. The maximum Gasteiger partial charge on any atom is 0.127 e. The number of fused-ring (bicyclic) bond motifs is 1. The molecule has 2 heterocycles. The number of alkyl halides is 1. The number of rotatable bonds is 4. The Bertz CT molecular complexity index is 600. The first-order chi connectivity index (χ1) is 9.66. The van der Waals surface area contributed by atoms with Crippen LogP contribution in [0.5, 0.6) is 0 Å². The summed E-state index contributed by atoms with van der Waals surface area (Å²) in [7, 11) is 0. The molecule has 2 atom stereocenters. The largest absolute Gasteiger partial charge is 0.378 e. The Morgan fingerprint density at radius 1 is 1.50 bits per heavy atom. The first kappa shape index (κ1) is 13.9. The Labute approximate surface area is 124 Å². The molecule has 1 aromatic heterocycles. The molecule has 1 aromatic carbocycles. The lowest BCUT2D eigenvalue weighted by molar-refractivity contribution is 0.100. The monoisotopic (exact) mass is 292 g/mol. The first-order valence-electron chi connectivity index (χ1n) is 7.38. The Balaban J connectivity index is 1.95. The molecular weight excluding hydrogens is 272 g/mol. The molecule has 0 saturated carbocycles. The van der Waals surface area contributed by atoms with E-state index < -0.39 is 0 Å². The number of para-hydroxylation sites is 1. The van der Waals surface area contributed by atoms with Crippen LogP contribution in [0.4, 0.5) is 0 Å². The highest BCUT2D eigenvalue weighted by molar-refractivity contribution is 6.20. The number of aryl methyl sites for hydroxylation is 2. The minimum absolute atomic E-state index is 0.0775. The molecule has 0 bridgehead atoms. The van der Waals surface area contributed by atoms with Crippen molar-refractivity contribution in [2.75, 3.05) is 6.61 Å². The van der Waals surface area contributed by atoms with Gasteiger partial charge in [0.05, 0.1) is 22.5 Å². The molecule has 20 heavy (non-hydrogen) atoms. The average molecular weight is 293 g/mol. The van der Waals surface area contributed by atoms with Crippen LogP contribution in [-0.2, 0) is 11.3 Å². The lowest BCUT2D eigenvalue weighted by Gasteiger charge is -2.14. The molecule has 2 aromatic rings. The fraction of sp³-hybridized carbons (Fsp3) is 0.562. The molecule has 1 saturated heterocycles. The van der Waals surface area contributed by atoms with Crippen molar-refractivity contribution in [2.24, 2.45) is 0 Å². The molecule has 2 unspecified atom stereocenters. The second-order valence-electron chi connectivity index (χ2n) is 5.60. The Morgan fingerprint density at radius 3 is 3.05 bits per heavy atom. The number of halogens is 1. The van der Waals surface area contributed by atoms with Gasteiger partial charge >= 0.3 is 0 Å². The fourth-order valence-corrected chi connectivity index (χ4v) is 3.22. The maximum atomic E-state index is 6.31. The highest BCUT2D eigenvalue weighted by atomic mass is 35.5. The number of hydrogen-bond acceptors (Lipinski definition) is 2. The van der Waals surface area contributed by atoms with Gasteiger partial charge in [0, 0.05) is 13.2 Å². The van der Waals surface area contributed by atoms with Crippen molar-refractivity contribution in [1.82, 2.24) is 9.55 Å². The molecular formula is C16H21ClN2O. The van der Waals surface area contributed by atoms with E-state index in [2.05, 4.69) is 29.7 Å². The zero-order valence-corrected chi connectivity index (χ0v) is 12.9. The van der Waals surface area contributed by atoms with Crippen LogP contribution in [0.3, 0.4) is 0 Å². The van der Waals surface area contributed by atoms with Crippen molar-refractivity contribution < 1.29 is 4.74 Å². The second-order valence-corrected chi connectivity index (χ2v) is 6.26. The van der Waals surface area contributed by atoms with E-state index in [4.69, 9.17) is 21.3 Å². The summed E-state index contributed by atoms with van der Waals surface area (Å²) in [5.74, 6) is 0.967. The van der Waals surface area contributed by atoms with Crippen molar-refractivity contribution in [3.63, 3.8) is 0 Å². The molecule has 108 valence electrons. The van der Waals surface area contributed by atoms with Crippen molar-refractivity contribution in [2.45, 2.75) is 51.1 Å². The Kier molecular flexibility index (Phi) is 3.99. The molecule has 0 N–H and O–H groups in total. The van der Waals surface area contributed by atoms with E-state index in [0.29, 0.717) is 6.10 Å². The van der Waals surface area contributed by atoms with Crippen molar-refractivity contribution in [1.29, 1.82) is 0 Å². The number of hydrogen-bond donors (Lipinski definition) is 0. The Hall–Kier alpha value is -1.06. The fourth-order valence-electron chi connectivity index (χ4n) is 3.06. The van der Waals surface area contributed by atoms with Gasteiger partial charge in [-0.15, -0.1) is 11.6 Å². The average Bonchev–Trinajstić information content (AvgIpc) is 3.03. The van der Waals surface area contributed by atoms with E-state index in [1.807, 2.05) is 6.92 Å². The third-order valence-corrected chi connectivity index (χ3v) is 4.25. The van der Waals surface area contributed by atoms with Crippen molar-refractivity contribution in [3.05, 3.63) is 29.6 Å². The summed E-state index contributed by atoms with van der Waals surface area (Å²) in [6, 6.07) is 6.25. The Morgan fingerprint density at radius 2 is 2.35 bits per heavy atom. The van der Waals surface area contributed by atoms with Crippen LogP contribution in [0.25, 0.3) is 11.0 Å². The summed E-state index contributed by atoms with van der Waals surface area (Å²) in [6.07, 6.45) is 3.80. The van der Waals surface area contributed by atoms with Crippen LogP contribution in [0.2, 0.25) is 0 Å². The molecule has 0 aliphatic carbocycles. The maximum absolute atomic E-state index is 6.31. The van der Waals surface area contributed by atoms with Crippen LogP contribution >= 0.6 is 11.6 Å². The van der Waals surface area contributed by atoms with Gasteiger partial charge in [0.1, 0.15) is 5.82 Å². The highest BCUT2D eigenvalue weighted by Crippen LogP contribution is 2.28. The summed E-state index contributed by atoms with van der Waals surface area (Å²) in [6.45, 7) is 5.96. The smallest absolute Gasteiger partial charge is 0.127 e. The molecule has 1 aliphatic rings. The molecule has 1 aliphatic heterocycles. The molecule has 3 rings (SSSR count). The van der Waals surface area contributed by atoms with E-state index in [1.165, 1.54) is 23.9 Å². The van der Waals surface area contributed by atoms with Gasteiger partial charge in [-0.2, -0.15) is 0 Å².